The standard InChI is InChI=1S/C30H31F2N7O2/c1-2-20-17-21(3-4-22(20)30(40)38-13-8-19(7-10-33)9-14-38)37-28-29-36-18-24(39(29)15-12-35-28)23-5-6-25(41-16-11-34)27(32)26(23)31/h3-6,12,15,17-19H,2,7-10,13-14,16,33H2,1H3,(H,35,37). The Bertz CT molecular complexity index is 1610. The number of aryl methyl sites for hydroxylation is 1. The van der Waals surface area contributed by atoms with Gasteiger partial charge in [0.05, 0.1) is 11.9 Å². The number of hydrogen-bond donors (Lipinski definition) is 2. The van der Waals surface area contributed by atoms with E-state index in [1.807, 2.05) is 30.0 Å². The van der Waals surface area contributed by atoms with Crippen molar-refractivity contribution in [2.75, 3.05) is 31.6 Å². The predicted molar refractivity (Wildman–Crippen MR) is 151 cm³/mol. The van der Waals surface area contributed by atoms with Crippen LogP contribution >= 0.6 is 0 Å². The van der Waals surface area contributed by atoms with E-state index in [2.05, 4.69) is 15.3 Å². The van der Waals surface area contributed by atoms with Crippen LogP contribution in [0.3, 0.4) is 0 Å². The number of benzene rings is 2. The van der Waals surface area contributed by atoms with Gasteiger partial charge in [-0.3, -0.25) is 9.20 Å². The molecule has 212 valence electrons. The quantitative estimate of drug-likeness (QED) is 0.293. The molecule has 1 amide bonds. The summed E-state index contributed by atoms with van der Waals surface area (Å²) in [5, 5.41) is 11.9. The van der Waals surface area contributed by atoms with Gasteiger partial charge in [0.25, 0.3) is 5.91 Å². The lowest BCUT2D eigenvalue weighted by Crippen LogP contribution is -2.39. The number of anilines is 2. The molecule has 2 aromatic carbocycles. The first-order chi connectivity index (χ1) is 19.9. The van der Waals surface area contributed by atoms with Crippen molar-refractivity contribution in [1.82, 2.24) is 19.3 Å². The SMILES string of the molecule is CCc1cc(Nc2nccn3c(-c4ccc(OCC#N)c(F)c4F)cnc23)ccc1C(=O)N1CCC(CCN)CC1. The number of rotatable bonds is 9. The molecule has 11 heteroatoms. The third-order valence-corrected chi connectivity index (χ3v) is 7.50. The van der Waals surface area contributed by atoms with Crippen LogP contribution in [0.5, 0.6) is 5.75 Å². The third-order valence-electron chi connectivity index (χ3n) is 7.50. The van der Waals surface area contributed by atoms with Crippen molar-refractivity contribution in [1.29, 1.82) is 5.26 Å². The maximum absolute atomic E-state index is 15.0. The van der Waals surface area contributed by atoms with E-state index < -0.39 is 18.2 Å². The Labute approximate surface area is 236 Å². The molecule has 5 rings (SSSR count). The van der Waals surface area contributed by atoms with E-state index in [1.54, 1.807) is 16.7 Å². The maximum atomic E-state index is 15.0. The Morgan fingerprint density at radius 1 is 1.20 bits per heavy atom. The first-order valence-electron chi connectivity index (χ1n) is 13.6. The van der Waals surface area contributed by atoms with Crippen molar-refractivity contribution >= 4 is 23.1 Å². The van der Waals surface area contributed by atoms with Crippen molar-refractivity contribution in [3.8, 4) is 23.1 Å². The molecule has 4 aromatic rings. The molecule has 1 fully saturated rings. The number of hydrogen-bond acceptors (Lipinski definition) is 7. The Morgan fingerprint density at radius 2 is 2.00 bits per heavy atom. The highest BCUT2D eigenvalue weighted by Crippen LogP contribution is 2.32. The Balaban J connectivity index is 1.38. The molecule has 3 N–H and O–H groups in total. The first kappa shape index (κ1) is 28.0. The lowest BCUT2D eigenvalue weighted by Gasteiger charge is -2.32. The number of nitrogens with one attached hydrogen (secondary N) is 1. The van der Waals surface area contributed by atoms with Gasteiger partial charge >= 0.3 is 0 Å². The number of piperidine rings is 1. The minimum absolute atomic E-state index is 0.0142. The monoisotopic (exact) mass is 559 g/mol. The van der Waals surface area contributed by atoms with Crippen molar-refractivity contribution in [2.45, 2.75) is 32.6 Å². The molecule has 1 saturated heterocycles. The lowest BCUT2D eigenvalue weighted by atomic mass is 9.93. The van der Waals surface area contributed by atoms with Gasteiger partial charge in [-0.1, -0.05) is 6.92 Å². The van der Waals surface area contributed by atoms with Crippen LogP contribution in [0.4, 0.5) is 20.3 Å². The molecule has 2 aromatic heterocycles. The summed E-state index contributed by atoms with van der Waals surface area (Å²) in [6, 6.07) is 9.98. The van der Waals surface area contributed by atoms with E-state index in [0.717, 1.165) is 43.6 Å². The lowest BCUT2D eigenvalue weighted by molar-refractivity contribution is 0.0687. The number of carbonyl (C=O) groups is 1. The van der Waals surface area contributed by atoms with Gasteiger partial charge in [-0.05, 0) is 74.0 Å². The smallest absolute Gasteiger partial charge is 0.254 e. The van der Waals surface area contributed by atoms with Crippen LogP contribution in [0.25, 0.3) is 16.9 Å². The van der Waals surface area contributed by atoms with Crippen LogP contribution in [0.1, 0.15) is 42.1 Å². The zero-order chi connectivity index (χ0) is 28.9. The van der Waals surface area contributed by atoms with Crippen LogP contribution in [0.15, 0.2) is 48.9 Å². The van der Waals surface area contributed by atoms with Crippen LogP contribution in [-0.4, -0.2) is 51.4 Å². The Morgan fingerprint density at radius 3 is 2.73 bits per heavy atom. The van der Waals surface area contributed by atoms with Crippen LogP contribution in [-0.2, 0) is 6.42 Å². The van der Waals surface area contributed by atoms with Crippen LogP contribution in [0.2, 0.25) is 0 Å². The molecule has 1 aliphatic heterocycles. The number of aromatic nitrogens is 3. The van der Waals surface area contributed by atoms with E-state index in [-0.39, 0.29) is 17.2 Å². The molecule has 3 heterocycles. The number of fused-ring (bicyclic) bond motifs is 1. The number of imidazole rings is 1. The minimum Gasteiger partial charge on any atom is -0.476 e. The molecule has 0 unspecified atom stereocenters. The fraction of sp³-hybridized carbons (Fsp3) is 0.333. The number of amides is 1. The second kappa shape index (κ2) is 12.3. The molecule has 0 radical (unpaired) electrons. The molecule has 0 bridgehead atoms. The fourth-order valence-corrected chi connectivity index (χ4v) is 5.30. The van der Waals surface area contributed by atoms with Gasteiger partial charge in [-0.2, -0.15) is 9.65 Å². The number of likely N-dealkylation sites (tertiary alicyclic amines) is 1. The summed E-state index contributed by atoms with van der Waals surface area (Å²) in [7, 11) is 0. The first-order valence-corrected chi connectivity index (χ1v) is 13.6. The van der Waals surface area contributed by atoms with E-state index in [0.29, 0.717) is 41.6 Å². The maximum Gasteiger partial charge on any atom is 0.254 e. The minimum atomic E-state index is -1.18. The van der Waals surface area contributed by atoms with Crippen LogP contribution in [0, 0.1) is 28.9 Å². The van der Waals surface area contributed by atoms with Gasteiger partial charge in [0.1, 0.15) is 6.07 Å². The van der Waals surface area contributed by atoms with Crippen LogP contribution < -0.4 is 15.8 Å². The normalized spacial score (nSPS) is 13.8. The number of nitrogens with two attached hydrogens (primary N) is 1. The summed E-state index contributed by atoms with van der Waals surface area (Å²) < 4.78 is 36.1. The Hall–Kier alpha value is -4.56. The summed E-state index contributed by atoms with van der Waals surface area (Å²) >= 11 is 0. The number of nitrogens with zero attached hydrogens (tertiary/aromatic N) is 5. The highest BCUT2D eigenvalue weighted by molar-refractivity contribution is 5.96. The number of nitriles is 1. The zero-order valence-corrected chi connectivity index (χ0v) is 22.7. The van der Waals surface area contributed by atoms with Gasteiger partial charge in [0, 0.05) is 42.3 Å². The molecule has 0 aliphatic carbocycles. The summed E-state index contributed by atoms with van der Waals surface area (Å²) in [6.07, 6.45) is 8.19. The van der Waals surface area contributed by atoms with E-state index >= 15 is 0 Å². The van der Waals surface area contributed by atoms with Crippen molar-refractivity contribution in [3.63, 3.8) is 0 Å². The number of halogens is 2. The van der Waals surface area contributed by atoms with E-state index in [4.69, 9.17) is 15.7 Å². The molecular weight excluding hydrogens is 528 g/mol. The number of ether oxygens (including phenoxy) is 1. The second-order valence-corrected chi connectivity index (χ2v) is 9.96. The van der Waals surface area contributed by atoms with Gasteiger partial charge < -0.3 is 20.7 Å². The van der Waals surface area contributed by atoms with Gasteiger partial charge in [0.2, 0.25) is 5.82 Å². The predicted octanol–water partition coefficient (Wildman–Crippen LogP) is 5.08. The Kier molecular flexibility index (Phi) is 8.40. The second-order valence-electron chi connectivity index (χ2n) is 9.96. The molecule has 1 aliphatic rings. The zero-order valence-electron chi connectivity index (χ0n) is 22.7. The molecule has 0 spiro atoms. The molecular formula is C30H31F2N7O2. The fourth-order valence-electron chi connectivity index (χ4n) is 5.30. The summed E-state index contributed by atoms with van der Waals surface area (Å²) in [6.45, 7) is 3.77. The third kappa shape index (κ3) is 5.69. The summed E-state index contributed by atoms with van der Waals surface area (Å²) in [5.74, 6) is -1.59. The number of carbonyl (C=O) groups excluding carboxylic acids is 1. The largest absolute Gasteiger partial charge is 0.476 e. The summed E-state index contributed by atoms with van der Waals surface area (Å²) in [4.78, 5) is 24.1. The van der Waals surface area contributed by atoms with E-state index in [9.17, 15) is 13.6 Å². The highest BCUT2D eigenvalue weighted by atomic mass is 19.2. The average Bonchev–Trinajstić information content (AvgIpc) is 3.43. The van der Waals surface area contributed by atoms with Gasteiger partial charge in [0.15, 0.2) is 29.6 Å². The topological polar surface area (TPSA) is 122 Å². The van der Waals surface area contributed by atoms with Gasteiger partial charge in [-0.15, -0.1) is 0 Å². The summed E-state index contributed by atoms with van der Waals surface area (Å²) in [5.41, 5.74) is 8.74. The van der Waals surface area contributed by atoms with Gasteiger partial charge in [-0.25, -0.2) is 14.4 Å². The molecule has 9 nitrogen and oxygen atoms in total. The molecule has 0 saturated carbocycles. The van der Waals surface area contributed by atoms with Crippen molar-refractivity contribution in [2.24, 2.45) is 11.7 Å². The highest BCUT2D eigenvalue weighted by Gasteiger charge is 2.25. The van der Waals surface area contributed by atoms with Crippen molar-refractivity contribution in [3.05, 3.63) is 71.7 Å². The molecule has 0 atom stereocenters. The van der Waals surface area contributed by atoms with E-state index in [1.165, 1.54) is 24.5 Å². The average molecular weight is 560 g/mol. The molecule has 41 heavy (non-hydrogen) atoms. The van der Waals surface area contributed by atoms with Crippen molar-refractivity contribution < 1.29 is 18.3 Å².